The van der Waals surface area contributed by atoms with Crippen LogP contribution in [0.25, 0.3) is 0 Å². The van der Waals surface area contributed by atoms with Gasteiger partial charge in [0.2, 0.25) is 5.13 Å². The maximum atomic E-state index is 5.82. The molecule has 2 N–H and O–H groups in total. The molecule has 1 saturated heterocycles. The fourth-order valence-electron chi connectivity index (χ4n) is 1.97. The monoisotopic (exact) mass is 241 g/mol. The first-order valence-corrected chi connectivity index (χ1v) is 6.49. The molecule has 6 heteroatoms. The first kappa shape index (κ1) is 11.8. The van der Waals surface area contributed by atoms with Crippen molar-refractivity contribution in [3.63, 3.8) is 0 Å². The van der Waals surface area contributed by atoms with Gasteiger partial charge in [-0.25, -0.2) is 4.98 Å². The molecule has 1 aliphatic heterocycles. The zero-order valence-electron chi connectivity index (χ0n) is 9.89. The maximum absolute atomic E-state index is 5.82. The van der Waals surface area contributed by atoms with E-state index >= 15 is 0 Å². The second kappa shape index (κ2) is 5.07. The molecule has 90 valence electrons. The molecule has 2 rings (SSSR count). The highest BCUT2D eigenvalue weighted by Crippen LogP contribution is 2.22. The lowest BCUT2D eigenvalue weighted by molar-refractivity contribution is 0.269. The van der Waals surface area contributed by atoms with Crippen molar-refractivity contribution in [2.45, 2.75) is 19.4 Å². The van der Waals surface area contributed by atoms with Crippen LogP contribution in [0.1, 0.15) is 12.7 Å². The Kier molecular flexibility index (Phi) is 3.73. The molecule has 16 heavy (non-hydrogen) atoms. The van der Waals surface area contributed by atoms with Crippen molar-refractivity contribution in [3.05, 3.63) is 5.82 Å². The third kappa shape index (κ3) is 2.34. The van der Waals surface area contributed by atoms with Gasteiger partial charge in [-0.05, 0) is 7.05 Å². The van der Waals surface area contributed by atoms with Gasteiger partial charge in [-0.15, -0.1) is 0 Å². The van der Waals surface area contributed by atoms with Crippen LogP contribution >= 0.6 is 11.5 Å². The average Bonchev–Trinajstić information content (AvgIpc) is 2.77. The summed E-state index contributed by atoms with van der Waals surface area (Å²) in [6, 6.07) is 0.372. The predicted molar refractivity (Wildman–Crippen MR) is 67.0 cm³/mol. The van der Waals surface area contributed by atoms with Crippen LogP contribution in [-0.2, 0) is 6.42 Å². The maximum Gasteiger partial charge on any atom is 0.205 e. The number of anilines is 1. The Morgan fingerprint density at radius 2 is 2.31 bits per heavy atom. The summed E-state index contributed by atoms with van der Waals surface area (Å²) in [5.41, 5.74) is 5.82. The Morgan fingerprint density at radius 3 is 2.94 bits per heavy atom. The first-order valence-electron chi connectivity index (χ1n) is 5.72. The van der Waals surface area contributed by atoms with E-state index in [1.54, 1.807) is 0 Å². The molecule has 0 radical (unpaired) electrons. The molecule has 1 aliphatic rings. The highest BCUT2D eigenvalue weighted by molar-refractivity contribution is 7.09. The van der Waals surface area contributed by atoms with Gasteiger partial charge in [0, 0.05) is 44.1 Å². The number of nitrogens with two attached hydrogens (primary N) is 1. The molecule has 5 nitrogen and oxygen atoms in total. The first-order chi connectivity index (χ1) is 7.74. The van der Waals surface area contributed by atoms with Crippen LogP contribution in [0.2, 0.25) is 0 Å². The lowest BCUT2D eigenvalue weighted by Crippen LogP contribution is -2.55. The van der Waals surface area contributed by atoms with Crippen LogP contribution in [0.4, 0.5) is 5.13 Å². The number of piperazine rings is 1. The van der Waals surface area contributed by atoms with E-state index < -0.39 is 0 Å². The minimum absolute atomic E-state index is 0.372. The molecule has 0 spiro atoms. The summed E-state index contributed by atoms with van der Waals surface area (Å²) < 4.78 is 4.33. The van der Waals surface area contributed by atoms with Crippen LogP contribution in [0.15, 0.2) is 0 Å². The molecule has 0 aromatic carbocycles. The van der Waals surface area contributed by atoms with E-state index in [2.05, 4.69) is 33.1 Å². The molecule has 1 unspecified atom stereocenters. The second-order valence-corrected chi connectivity index (χ2v) is 4.92. The average molecular weight is 241 g/mol. The van der Waals surface area contributed by atoms with Crippen LogP contribution in [0, 0.1) is 0 Å². The van der Waals surface area contributed by atoms with Crippen LogP contribution in [-0.4, -0.2) is 53.5 Å². The summed E-state index contributed by atoms with van der Waals surface area (Å²) in [5, 5.41) is 1.03. The number of hydrogen-bond donors (Lipinski definition) is 1. The molecule has 0 amide bonds. The van der Waals surface area contributed by atoms with Gasteiger partial charge in [0.25, 0.3) is 0 Å². The third-order valence-electron chi connectivity index (χ3n) is 2.98. The van der Waals surface area contributed by atoms with Crippen LogP contribution in [0.5, 0.6) is 0 Å². The van der Waals surface area contributed by atoms with Crippen molar-refractivity contribution >= 4 is 16.7 Å². The summed E-state index contributed by atoms with van der Waals surface area (Å²) in [4.78, 5) is 9.15. The smallest absolute Gasteiger partial charge is 0.205 e. The van der Waals surface area contributed by atoms with E-state index in [9.17, 15) is 0 Å². The standard InChI is InChI=1S/C10H19N5S/c1-3-9-12-10(16-13-9)15-5-4-14(2)7-8(15)6-11/h8H,3-7,11H2,1-2H3. The second-order valence-electron chi connectivity index (χ2n) is 4.19. The van der Waals surface area contributed by atoms with Crippen LogP contribution in [0.3, 0.4) is 0 Å². The predicted octanol–water partition coefficient (Wildman–Crippen LogP) is 0.180. The Bertz CT molecular complexity index is 340. The van der Waals surface area contributed by atoms with Gasteiger partial charge in [0.15, 0.2) is 0 Å². The molecule has 1 aromatic rings. The molecule has 0 aliphatic carbocycles. The minimum Gasteiger partial charge on any atom is -0.340 e. The summed E-state index contributed by atoms with van der Waals surface area (Å²) in [6.07, 6.45) is 0.900. The van der Waals surface area contributed by atoms with Crippen molar-refractivity contribution in [1.82, 2.24) is 14.3 Å². The minimum atomic E-state index is 0.372. The Hall–Kier alpha value is -0.720. The number of hydrogen-bond acceptors (Lipinski definition) is 6. The summed E-state index contributed by atoms with van der Waals surface area (Å²) in [5.74, 6) is 0.940. The van der Waals surface area contributed by atoms with E-state index in [1.807, 2.05) is 0 Å². The van der Waals surface area contributed by atoms with E-state index in [-0.39, 0.29) is 0 Å². The summed E-state index contributed by atoms with van der Waals surface area (Å²) in [6.45, 7) is 5.83. The topological polar surface area (TPSA) is 58.3 Å². The number of aryl methyl sites for hydroxylation is 1. The SMILES string of the molecule is CCc1nsc(N2CCN(C)CC2CN)n1. The highest BCUT2D eigenvalue weighted by atomic mass is 32.1. The Balaban J connectivity index is 2.12. The van der Waals surface area contributed by atoms with Gasteiger partial charge in [0.1, 0.15) is 5.82 Å². The van der Waals surface area contributed by atoms with Crippen molar-refractivity contribution in [1.29, 1.82) is 0 Å². The molecule has 2 heterocycles. The zero-order valence-corrected chi connectivity index (χ0v) is 10.7. The fraction of sp³-hybridized carbons (Fsp3) is 0.800. The van der Waals surface area contributed by atoms with Crippen molar-refractivity contribution < 1.29 is 0 Å². The van der Waals surface area contributed by atoms with E-state index in [0.29, 0.717) is 12.6 Å². The Morgan fingerprint density at radius 1 is 1.50 bits per heavy atom. The van der Waals surface area contributed by atoms with E-state index in [0.717, 1.165) is 37.0 Å². The molecular weight excluding hydrogens is 222 g/mol. The fourth-order valence-corrected chi connectivity index (χ4v) is 2.82. The zero-order chi connectivity index (χ0) is 11.5. The normalized spacial score (nSPS) is 22.7. The lowest BCUT2D eigenvalue weighted by Gasteiger charge is -2.39. The van der Waals surface area contributed by atoms with Gasteiger partial charge in [-0.3, -0.25) is 0 Å². The van der Waals surface area contributed by atoms with Crippen molar-refractivity contribution in [2.24, 2.45) is 5.73 Å². The molecule has 1 aromatic heterocycles. The van der Waals surface area contributed by atoms with Gasteiger partial charge in [-0.2, -0.15) is 4.37 Å². The van der Waals surface area contributed by atoms with E-state index in [1.165, 1.54) is 11.5 Å². The summed E-state index contributed by atoms with van der Waals surface area (Å²) in [7, 11) is 2.14. The molecule has 1 atom stereocenters. The molecular formula is C10H19N5S. The van der Waals surface area contributed by atoms with Crippen molar-refractivity contribution in [2.75, 3.05) is 38.1 Å². The van der Waals surface area contributed by atoms with Crippen LogP contribution < -0.4 is 10.6 Å². The number of rotatable bonds is 3. The van der Waals surface area contributed by atoms with Gasteiger partial charge < -0.3 is 15.5 Å². The number of aromatic nitrogens is 2. The lowest BCUT2D eigenvalue weighted by atomic mass is 10.2. The molecule has 0 saturated carbocycles. The quantitative estimate of drug-likeness (QED) is 0.818. The highest BCUT2D eigenvalue weighted by Gasteiger charge is 2.26. The third-order valence-corrected chi connectivity index (χ3v) is 3.77. The number of likely N-dealkylation sites (N-methyl/N-ethyl adjacent to an activating group) is 1. The van der Waals surface area contributed by atoms with Gasteiger partial charge in [-0.1, -0.05) is 6.92 Å². The molecule has 0 bridgehead atoms. The van der Waals surface area contributed by atoms with E-state index in [4.69, 9.17) is 5.73 Å². The van der Waals surface area contributed by atoms with Gasteiger partial charge >= 0.3 is 0 Å². The van der Waals surface area contributed by atoms with Gasteiger partial charge in [0.05, 0.1) is 6.04 Å². The number of nitrogens with zero attached hydrogens (tertiary/aromatic N) is 4. The largest absolute Gasteiger partial charge is 0.340 e. The summed E-state index contributed by atoms with van der Waals surface area (Å²) >= 11 is 1.49. The molecule has 1 fully saturated rings. The van der Waals surface area contributed by atoms with Crippen molar-refractivity contribution in [3.8, 4) is 0 Å². The Labute approximate surface area is 100 Å².